The van der Waals surface area contributed by atoms with Gasteiger partial charge in [-0.25, -0.2) is 13.9 Å². The molecule has 0 spiro atoms. The van der Waals surface area contributed by atoms with Gasteiger partial charge >= 0.3 is 21.3 Å². The number of anilines is 2. The van der Waals surface area contributed by atoms with Crippen molar-refractivity contribution in [1.82, 2.24) is 14.9 Å². The third-order valence-electron chi connectivity index (χ3n) is 12.8. The van der Waals surface area contributed by atoms with E-state index < -0.39 is 83.5 Å². The number of amides is 1. The minimum atomic E-state index is -5.05. The van der Waals surface area contributed by atoms with Crippen LogP contribution in [0.2, 0.25) is 0 Å². The van der Waals surface area contributed by atoms with Crippen LogP contribution in [0.3, 0.4) is 0 Å². The molecular weight excluding hydrogens is 1070 g/mol. The Hall–Kier alpha value is -4.15. The van der Waals surface area contributed by atoms with Gasteiger partial charge < -0.3 is 40.5 Å². The highest BCUT2D eigenvalue weighted by Gasteiger charge is 2.50. The second-order valence-electron chi connectivity index (χ2n) is 18.7. The van der Waals surface area contributed by atoms with Crippen molar-refractivity contribution in [2.24, 2.45) is 0 Å². The van der Waals surface area contributed by atoms with Gasteiger partial charge in [0.2, 0.25) is 11.6 Å². The number of phosphoric acid groups is 2. The number of thioether (sulfide) groups is 1. The van der Waals surface area contributed by atoms with Crippen LogP contribution in [-0.4, -0.2) is 134 Å². The van der Waals surface area contributed by atoms with Gasteiger partial charge in [0.1, 0.15) is 30.7 Å². The number of hydrogen-bond acceptors (Lipinski definition) is 17. The fourth-order valence-electron chi connectivity index (χ4n) is 9.16. The van der Waals surface area contributed by atoms with Gasteiger partial charge in [0.25, 0.3) is 20.2 Å². The number of unbranched alkanes of at least 4 members (excludes halogenated alkanes) is 3. The van der Waals surface area contributed by atoms with Crippen LogP contribution in [0, 0.1) is 0 Å². The number of carbonyl (C=O) groups excluding carboxylic acids is 1. The SMILES string of the molecule is CC[N+]1=C(/C=C/C=C2\N(CCCSCC(=O)NCCCCCCOP(=O)(O)OC3C(O)[C@H](n4ccc(N)nc4=O)O[C@@H]3COP(=O)(O)O)c3ccc(S(=O)(=O)O)cc3C2(C)C)C(C)(C)c2cc(S(=O)(=O)O)ccc21. The number of aliphatic hydroxyl groups excluding tert-OH is 1. The van der Waals surface area contributed by atoms with Gasteiger partial charge in [-0.1, -0.05) is 32.8 Å². The highest BCUT2D eigenvalue weighted by atomic mass is 32.2. The van der Waals surface area contributed by atoms with Crippen molar-refractivity contribution in [3.05, 3.63) is 94.2 Å². The second kappa shape index (κ2) is 23.6. The summed E-state index contributed by atoms with van der Waals surface area (Å²) in [7, 11) is -18.9. The van der Waals surface area contributed by atoms with E-state index in [4.69, 9.17) is 19.5 Å². The summed E-state index contributed by atoms with van der Waals surface area (Å²) in [5, 5.41) is 13.8. The van der Waals surface area contributed by atoms with Crippen LogP contribution in [-0.2, 0) is 63.3 Å². The Labute approximate surface area is 433 Å². The third-order valence-corrected chi connectivity index (χ3v) is 17.0. The molecule has 1 fully saturated rings. The number of nitrogens with zero attached hydrogens (tertiary/aromatic N) is 4. The summed E-state index contributed by atoms with van der Waals surface area (Å²) in [5.41, 5.74) is 8.03. The van der Waals surface area contributed by atoms with Gasteiger partial charge in [0.05, 0.1) is 34.2 Å². The van der Waals surface area contributed by atoms with Crippen LogP contribution in [0.25, 0.3) is 0 Å². The Balaban J connectivity index is 0.963. The van der Waals surface area contributed by atoms with Gasteiger partial charge in [-0.05, 0) is 93.8 Å². The Bertz CT molecular complexity index is 3070. The molecule has 74 heavy (non-hydrogen) atoms. The maximum absolute atomic E-state index is 12.9. The van der Waals surface area contributed by atoms with E-state index in [1.807, 2.05) is 52.8 Å². The van der Waals surface area contributed by atoms with Crippen LogP contribution in [0.1, 0.15) is 84.1 Å². The molecule has 1 saturated heterocycles. The molecule has 4 heterocycles. The maximum Gasteiger partial charge on any atom is 0.472 e. The first kappa shape index (κ1) is 59.1. The van der Waals surface area contributed by atoms with Crippen molar-refractivity contribution < 1.29 is 82.5 Å². The summed E-state index contributed by atoms with van der Waals surface area (Å²) in [6.45, 7) is 10.2. The van der Waals surface area contributed by atoms with Crippen molar-refractivity contribution in [3.8, 4) is 0 Å². The summed E-state index contributed by atoms with van der Waals surface area (Å²) in [6, 6.07) is 10.3. The maximum atomic E-state index is 12.9. The first-order chi connectivity index (χ1) is 34.5. The highest BCUT2D eigenvalue weighted by Crippen LogP contribution is 2.51. The van der Waals surface area contributed by atoms with Crippen LogP contribution in [0.4, 0.5) is 17.2 Å². The molecule has 29 heteroatoms. The molecule has 9 N–H and O–H groups in total. The first-order valence-electron chi connectivity index (χ1n) is 23.4. The lowest BCUT2D eigenvalue weighted by atomic mass is 9.81. The first-order valence-corrected chi connectivity index (χ1v) is 30.5. The molecule has 5 atom stereocenters. The third kappa shape index (κ3) is 14.3. The number of phosphoric ester groups is 2. The smallest absolute Gasteiger partial charge is 0.386 e. The number of nitrogens with two attached hydrogens (primary N) is 1. The monoisotopic (exact) mass is 1130 g/mol. The van der Waals surface area contributed by atoms with Crippen molar-refractivity contribution in [2.75, 3.05) is 55.0 Å². The average Bonchev–Trinajstić information content (AvgIpc) is 3.80. The predicted octanol–water partition coefficient (Wildman–Crippen LogP) is 4.32. The van der Waals surface area contributed by atoms with Crippen molar-refractivity contribution in [1.29, 1.82) is 0 Å². The van der Waals surface area contributed by atoms with Gasteiger partial charge in [-0.2, -0.15) is 38.2 Å². The van der Waals surface area contributed by atoms with E-state index >= 15 is 0 Å². The zero-order chi connectivity index (χ0) is 54.6. The molecule has 1 aromatic heterocycles. The van der Waals surface area contributed by atoms with E-state index in [-0.39, 0.29) is 33.9 Å². The molecule has 1 amide bonds. The van der Waals surface area contributed by atoms with E-state index in [1.165, 1.54) is 42.1 Å². The molecule has 3 aromatic rings. The molecular formula is C45H63N6O18P2S3+. The molecule has 0 radical (unpaired) electrons. The number of fused-ring (bicyclic) bond motifs is 2. The molecule has 3 unspecified atom stereocenters. The van der Waals surface area contributed by atoms with Gasteiger partial charge in [0.15, 0.2) is 11.9 Å². The summed E-state index contributed by atoms with van der Waals surface area (Å²) in [5.74, 6) is 0.511. The molecule has 2 aromatic carbocycles. The molecule has 0 bridgehead atoms. The molecule has 3 aliphatic rings. The number of hydrogen-bond donors (Lipinski definition) is 8. The van der Waals surface area contributed by atoms with Crippen molar-refractivity contribution in [2.45, 2.75) is 112 Å². The number of carbonyl (C=O) groups is 1. The van der Waals surface area contributed by atoms with Crippen LogP contribution >= 0.6 is 27.4 Å². The Kier molecular flexibility index (Phi) is 18.9. The quantitative estimate of drug-likeness (QED) is 0.0253. The van der Waals surface area contributed by atoms with Crippen LogP contribution in [0.5, 0.6) is 0 Å². The molecule has 3 aliphatic heterocycles. The average molecular weight is 1130 g/mol. The largest absolute Gasteiger partial charge is 0.472 e. The number of aromatic nitrogens is 2. The Morgan fingerprint density at radius 3 is 2.26 bits per heavy atom. The van der Waals surface area contributed by atoms with Gasteiger partial charge in [0, 0.05) is 53.8 Å². The zero-order valence-electron chi connectivity index (χ0n) is 41.2. The minimum Gasteiger partial charge on any atom is -0.386 e. The van der Waals surface area contributed by atoms with Crippen molar-refractivity contribution >= 4 is 76.5 Å². The lowest BCUT2D eigenvalue weighted by molar-refractivity contribution is -0.433. The number of ether oxygens (including phenoxy) is 1. The van der Waals surface area contributed by atoms with Gasteiger partial charge in [-0.3, -0.25) is 32.0 Å². The number of allylic oxidation sites excluding steroid dienone is 4. The number of benzene rings is 2. The van der Waals surface area contributed by atoms with E-state index in [0.717, 1.165) is 39.1 Å². The Morgan fingerprint density at radius 2 is 1.61 bits per heavy atom. The predicted molar refractivity (Wildman–Crippen MR) is 273 cm³/mol. The zero-order valence-corrected chi connectivity index (χ0v) is 45.5. The molecule has 24 nitrogen and oxygen atoms in total. The summed E-state index contributed by atoms with van der Waals surface area (Å²) in [4.78, 5) is 59.1. The molecule has 0 saturated carbocycles. The molecule has 6 rings (SSSR count). The normalized spacial score (nSPS) is 21.9. The van der Waals surface area contributed by atoms with E-state index in [1.54, 1.807) is 12.1 Å². The van der Waals surface area contributed by atoms with Gasteiger partial charge in [-0.15, -0.1) is 0 Å². The number of nitrogens with one attached hydrogen (secondary N) is 1. The topological polar surface area (TPSA) is 357 Å². The summed E-state index contributed by atoms with van der Waals surface area (Å²) < 4.78 is 115. The van der Waals surface area contributed by atoms with Crippen LogP contribution in [0.15, 0.2) is 87.2 Å². The van der Waals surface area contributed by atoms with Crippen LogP contribution < -0.4 is 21.6 Å². The van der Waals surface area contributed by atoms with E-state index in [2.05, 4.69) is 24.3 Å². The molecule has 408 valence electrons. The summed E-state index contributed by atoms with van der Waals surface area (Å²) >= 11 is 1.45. The minimum absolute atomic E-state index is 0.131. The summed E-state index contributed by atoms with van der Waals surface area (Å²) in [6.07, 6.45) is 3.03. The lowest BCUT2D eigenvalue weighted by Crippen LogP contribution is -2.37. The lowest BCUT2D eigenvalue weighted by Gasteiger charge is -2.27. The highest BCUT2D eigenvalue weighted by molar-refractivity contribution is 7.99. The Morgan fingerprint density at radius 1 is 0.946 bits per heavy atom. The van der Waals surface area contributed by atoms with E-state index in [0.29, 0.717) is 63.1 Å². The number of rotatable bonds is 25. The standard InChI is InChI=1S/C45H62N6O18P2S3/c1-6-49-33-17-15-29(73(60,61)62)25-31(33)44(2,3)36(49)13-11-14-37-45(4,5)32-26-30(74(63,64)65)16-18-34(32)50(37)21-12-24-72-28-39(52)47-20-9-7-8-10-23-66-71(58,59)69-41-35(27-67-70(55,56)57)68-42(40(41)53)51-22-19-38(46)48-43(51)54/h11,13-19,22,25-26,35,40-42,53H,6-10,12,20-21,23-24,27-28H2,1-5H3,(H7-,46,47,48,52,54,55,56,57,58,59,60,61,62,63,64,65)/p+1/t35-,40?,41?,42-/m1/s1. The van der Waals surface area contributed by atoms with Crippen molar-refractivity contribution in [3.63, 3.8) is 0 Å². The fraction of sp³-hybridized carbons (Fsp3) is 0.511. The number of aliphatic hydroxyl groups is 1. The number of nitrogen functional groups attached to an aromatic ring is 1. The van der Waals surface area contributed by atoms with E-state index in [9.17, 15) is 64.4 Å². The molecule has 0 aliphatic carbocycles. The fourth-order valence-corrected chi connectivity index (χ4v) is 12.3. The second-order valence-corrected chi connectivity index (χ2v) is 25.3.